The van der Waals surface area contributed by atoms with Crippen molar-refractivity contribution in [2.45, 2.75) is 95.8 Å². The van der Waals surface area contributed by atoms with Crippen LogP contribution in [-0.4, -0.2) is 67.6 Å². The summed E-state index contributed by atoms with van der Waals surface area (Å²) in [4.78, 5) is 26.0. The molecule has 6 aliphatic rings. The SMILES string of the molecule is CC1=CC2OC3CC4OC(=O)/C=C\C=C/C5OC(C/C(C)=C\C(=O)OCC2(CC1)C4(C)C31CO1)OC5C. The molecule has 2 aliphatic carbocycles. The normalized spacial score (nSPS) is 50.5. The van der Waals surface area contributed by atoms with Crippen LogP contribution in [0.5, 0.6) is 0 Å². The first-order valence-electron chi connectivity index (χ1n) is 13.3. The molecule has 4 bridgehead atoms. The van der Waals surface area contributed by atoms with E-state index in [1.54, 1.807) is 12.2 Å². The summed E-state index contributed by atoms with van der Waals surface area (Å²) >= 11 is 0. The van der Waals surface area contributed by atoms with E-state index in [9.17, 15) is 9.59 Å². The Morgan fingerprint density at radius 1 is 0.973 bits per heavy atom. The van der Waals surface area contributed by atoms with Gasteiger partial charge in [-0.3, -0.25) is 0 Å². The van der Waals surface area contributed by atoms with Crippen LogP contribution < -0.4 is 0 Å². The Hall–Kier alpha value is -2.26. The fourth-order valence-corrected chi connectivity index (χ4v) is 7.32. The molecule has 1 saturated carbocycles. The zero-order valence-corrected chi connectivity index (χ0v) is 21.9. The molecule has 0 radical (unpaired) electrons. The zero-order valence-electron chi connectivity index (χ0n) is 21.9. The van der Waals surface area contributed by atoms with Crippen LogP contribution in [0.2, 0.25) is 0 Å². The molecule has 0 aromatic carbocycles. The van der Waals surface area contributed by atoms with E-state index < -0.39 is 40.8 Å². The van der Waals surface area contributed by atoms with Gasteiger partial charge in [0, 0.05) is 30.4 Å². The standard InChI is InChI=1S/C29H36O8/c1-17-9-10-28-15-32-25(31)12-18(2)13-26-34-19(3)20(35-26)7-5-6-8-24(30)37-21-14-23(36-22(28)11-17)29(16-33-29)27(21,28)4/h5-8,11-12,19-23,26H,9-10,13-16H2,1-4H3/b7-5-,8-6-,18-12-. The minimum Gasteiger partial charge on any atom is -0.462 e. The average Bonchev–Trinajstić information content (AvgIpc) is 3.54. The Morgan fingerprint density at radius 2 is 1.78 bits per heavy atom. The number of rotatable bonds is 0. The van der Waals surface area contributed by atoms with Crippen molar-refractivity contribution in [3.8, 4) is 0 Å². The Kier molecular flexibility index (Phi) is 6.02. The van der Waals surface area contributed by atoms with E-state index in [0.29, 0.717) is 19.4 Å². The molecule has 3 saturated heterocycles. The first-order chi connectivity index (χ1) is 17.7. The number of hydrogen-bond acceptors (Lipinski definition) is 8. The molecule has 37 heavy (non-hydrogen) atoms. The Balaban J connectivity index is 1.37. The van der Waals surface area contributed by atoms with Gasteiger partial charge in [-0.1, -0.05) is 42.4 Å². The molecule has 4 aliphatic heterocycles. The maximum Gasteiger partial charge on any atom is 0.331 e. The minimum atomic E-state index is -0.590. The second kappa shape index (κ2) is 8.90. The number of cyclic esters (lactones) is 1. The fraction of sp³-hybridized carbons (Fsp3) is 0.655. The lowest BCUT2D eigenvalue weighted by Crippen LogP contribution is -2.66. The Labute approximate surface area is 217 Å². The highest BCUT2D eigenvalue weighted by molar-refractivity contribution is 5.83. The molecule has 8 heteroatoms. The van der Waals surface area contributed by atoms with Crippen molar-refractivity contribution < 1.29 is 38.0 Å². The monoisotopic (exact) mass is 512 g/mol. The second-order valence-electron chi connectivity index (χ2n) is 11.7. The van der Waals surface area contributed by atoms with Crippen molar-refractivity contribution in [1.82, 2.24) is 0 Å². The topological polar surface area (TPSA) is 92.8 Å². The van der Waals surface area contributed by atoms with Gasteiger partial charge >= 0.3 is 11.9 Å². The Bertz CT molecular complexity index is 1100. The van der Waals surface area contributed by atoms with Gasteiger partial charge in [0.1, 0.15) is 24.4 Å². The van der Waals surface area contributed by atoms with Gasteiger partial charge in [-0.25, -0.2) is 9.59 Å². The number of epoxide rings is 1. The molecule has 9 unspecified atom stereocenters. The van der Waals surface area contributed by atoms with Gasteiger partial charge in [0.2, 0.25) is 0 Å². The first kappa shape index (κ1) is 25.0. The van der Waals surface area contributed by atoms with Crippen LogP contribution in [-0.2, 0) is 38.0 Å². The molecule has 0 amide bonds. The van der Waals surface area contributed by atoms with Gasteiger partial charge < -0.3 is 28.4 Å². The van der Waals surface area contributed by atoms with E-state index in [2.05, 4.69) is 19.9 Å². The largest absolute Gasteiger partial charge is 0.462 e. The van der Waals surface area contributed by atoms with Gasteiger partial charge in [-0.2, -0.15) is 0 Å². The van der Waals surface area contributed by atoms with Crippen LogP contribution in [0.4, 0.5) is 0 Å². The summed E-state index contributed by atoms with van der Waals surface area (Å²) in [5.74, 6) is -0.828. The molecular weight excluding hydrogens is 476 g/mol. The van der Waals surface area contributed by atoms with Crippen molar-refractivity contribution in [3.63, 3.8) is 0 Å². The predicted molar refractivity (Wildman–Crippen MR) is 132 cm³/mol. The fourth-order valence-electron chi connectivity index (χ4n) is 7.32. The highest BCUT2D eigenvalue weighted by Crippen LogP contribution is 2.72. The summed E-state index contributed by atoms with van der Waals surface area (Å²) in [6.07, 6.45) is 11.3. The van der Waals surface area contributed by atoms with Crippen molar-refractivity contribution in [2.75, 3.05) is 13.2 Å². The van der Waals surface area contributed by atoms with Crippen LogP contribution in [0.25, 0.3) is 0 Å². The van der Waals surface area contributed by atoms with Crippen molar-refractivity contribution in [1.29, 1.82) is 0 Å². The highest BCUT2D eigenvalue weighted by atomic mass is 16.7. The number of carbonyl (C=O) groups excluding carboxylic acids is 2. The lowest BCUT2D eigenvalue weighted by Gasteiger charge is -2.58. The number of ether oxygens (including phenoxy) is 6. The van der Waals surface area contributed by atoms with Gasteiger partial charge in [-0.05, 0) is 33.6 Å². The molecule has 6 rings (SSSR count). The number of allylic oxidation sites excluding steroid dienone is 3. The van der Waals surface area contributed by atoms with E-state index in [-0.39, 0.29) is 31.0 Å². The van der Waals surface area contributed by atoms with E-state index in [0.717, 1.165) is 18.4 Å². The molecule has 8 nitrogen and oxygen atoms in total. The summed E-state index contributed by atoms with van der Waals surface area (Å²) in [7, 11) is 0. The van der Waals surface area contributed by atoms with E-state index in [1.807, 2.05) is 19.9 Å². The Morgan fingerprint density at radius 3 is 2.57 bits per heavy atom. The second-order valence-corrected chi connectivity index (χ2v) is 11.7. The van der Waals surface area contributed by atoms with Crippen molar-refractivity contribution in [3.05, 3.63) is 47.6 Å². The molecule has 4 heterocycles. The van der Waals surface area contributed by atoms with Crippen LogP contribution in [0, 0.1) is 10.8 Å². The van der Waals surface area contributed by atoms with Crippen LogP contribution >= 0.6 is 0 Å². The zero-order chi connectivity index (χ0) is 26.0. The van der Waals surface area contributed by atoms with Crippen LogP contribution in [0.1, 0.15) is 53.4 Å². The van der Waals surface area contributed by atoms with E-state index >= 15 is 0 Å². The summed E-state index contributed by atoms with van der Waals surface area (Å²) in [5.41, 5.74) is 0.362. The van der Waals surface area contributed by atoms with Gasteiger partial charge in [-0.15, -0.1) is 0 Å². The number of hydrogen-bond donors (Lipinski definition) is 0. The highest BCUT2D eigenvalue weighted by Gasteiger charge is 2.83. The van der Waals surface area contributed by atoms with Crippen LogP contribution in [0.3, 0.4) is 0 Å². The summed E-state index contributed by atoms with van der Waals surface area (Å²) < 4.78 is 36.8. The third-order valence-electron chi connectivity index (χ3n) is 9.58. The molecule has 0 aromatic heterocycles. The molecule has 2 spiro atoms. The summed E-state index contributed by atoms with van der Waals surface area (Å²) in [6.45, 7) is 8.77. The third kappa shape index (κ3) is 3.87. The minimum absolute atomic E-state index is 0.147. The molecule has 9 atom stereocenters. The molecule has 0 N–H and O–H groups in total. The molecule has 4 fully saturated rings. The lowest BCUT2D eigenvalue weighted by molar-refractivity contribution is -0.232. The average molecular weight is 513 g/mol. The quantitative estimate of drug-likeness (QED) is 0.276. The first-order valence-corrected chi connectivity index (χ1v) is 13.3. The predicted octanol–water partition coefficient (Wildman–Crippen LogP) is 3.71. The third-order valence-corrected chi connectivity index (χ3v) is 9.58. The molecule has 200 valence electrons. The van der Waals surface area contributed by atoms with Crippen molar-refractivity contribution >= 4 is 11.9 Å². The van der Waals surface area contributed by atoms with Crippen molar-refractivity contribution in [2.24, 2.45) is 10.8 Å². The van der Waals surface area contributed by atoms with Gasteiger partial charge in [0.25, 0.3) is 0 Å². The maximum atomic E-state index is 13.0. The van der Waals surface area contributed by atoms with E-state index in [4.69, 9.17) is 28.4 Å². The molecule has 0 aromatic rings. The smallest absolute Gasteiger partial charge is 0.331 e. The van der Waals surface area contributed by atoms with Gasteiger partial charge in [0.15, 0.2) is 6.29 Å². The number of fused-ring (bicyclic) bond motifs is 2. The van der Waals surface area contributed by atoms with Crippen LogP contribution in [0.15, 0.2) is 47.6 Å². The number of carbonyl (C=O) groups is 2. The summed E-state index contributed by atoms with van der Waals surface area (Å²) in [5, 5.41) is 0. The van der Waals surface area contributed by atoms with Gasteiger partial charge in [0.05, 0.1) is 30.3 Å². The molecular formula is C29H36O8. The number of esters is 2. The lowest BCUT2D eigenvalue weighted by atomic mass is 9.51. The van der Waals surface area contributed by atoms with E-state index in [1.165, 1.54) is 17.7 Å². The summed E-state index contributed by atoms with van der Waals surface area (Å²) in [6, 6.07) is 0. The maximum absolute atomic E-state index is 13.0.